The monoisotopic (exact) mass is 449 g/mol. The zero-order valence-corrected chi connectivity index (χ0v) is 15.9. The molecular weight excluding hydrogens is 439 g/mol. The lowest BCUT2D eigenvalue weighted by Crippen LogP contribution is -2.34. The molecule has 0 atom stereocenters. The summed E-state index contributed by atoms with van der Waals surface area (Å²) >= 11 is 10.9. The van der Waals surface area contributed by atoms with Gasteiger partial charge in [0.1, 0.15) is 0 Å². The van der Waals surface area contributed by atoms with E-state index in [2.05, 4.69) is 16.2 Å². The fourth-order valence-corrected chi connectivity index (χ4v) is 2.49. The van der Waals surface area contributed by atoms with E-state index < -0.39 is 38.6 Å². The number of nitrogens with one attached hydrogen (secondary N) is 3. The third-order valence-electron chi connectivity index (χ3n) is 3.55. The average molecular weight is 450 g/mol. The SMILES string of the molecule is Cc1ccc(NC(=S)NNc2c([N+](=O)[O-])cc(C(F)(F)F)cc2[N+](=O)[O-])cc1Cl. The number of anilines is 2. The van der Waals surface area contributed by atoms with Crippen molar-refractivity contribution in [3.8, 4) is 0 Å². The van der Waals surface area contributed by atoms with E-state index in [9.17, 15) is 33.4 Å². The number of benzene rings is 2. The maximum absolute atomic E-state index is 12.9. The summed E-state index contributed by atoms with van der Waals surface area (Å²) in [7, 11) is 0. The summed E-state index contributed by atoms with van der Waals surface area (Å²) < 4.78 is 38.7. The molecule has 0 heterocycles. The predicted molar refractivity (Wildman–Crippen MR) is 104 cm³/mol. The molecule has 2 aromatic rings. The Bertz CT molecular complexity index is 967. The molecule has 154 valence electrons. The van der Waals surface area contributed by atoms with Crippen molar-refractivity contribution in [3.05, 3.63) is 66.7 Å². The topological polar surface area (TPSA) is 122 Å². The van der Waals surface area contributed by atoms with Crippen LogP contribution in [-0.4, -0.2) is 15.0 Å². The number of nitro benzene ring substituents is 2. The molecule has 2 aromatic carbocycles. The Morgan fingerprint density at radius 2 is 1.66 bits per heavy atom. The van der Waals surface area contributed by atoms with Gasteiger partial charge in [0, 0.05) is 22.8 Å². The number of halogens is 4. The molecule has 0 aromatic heterocycles. The van der Waals surface area contributed by atoms with E-state index in [4.69, 9.17) is 23.8 Å². The van der Waals surface area contributed by atoms with Crippen molar-refractivity contribution in [1.29, 1.82) is 0 Å². The number of alkyl halides is 3. The molecule has 0 radical (unpaired) electrons. The fourth-order valence-electron chi connectivity index (χ4n) is 2.14. The highest BCUT2D eigenvalue weighted by molar-refractivity contribution is 7.80. The molecule has 0 aliphatic carbocycles. The van der Waals surface area contributed by atoms with Gasteiger partial charge in [-0.3, -0.25) is 31.1 Å². The van der Waals surface area contributed by atoms with E-state index in [-0.39, 0.29) is 17.2 Å². The first kappa shape index (κ1) is 22.1. The minimum atomic E-state index is -5.01. The van der Waals surface area contributed by atoms with Crippen LogP contribution in [0.3, 0.4) is 0 Å². The summed E-state index contributed by atoms with van der Waals surface area (Å²) in [5, 5.41) is 25.3. The third-order valence-corrected chi connectivity index (χ3v) is 4.16. The fraction of sp³-hybridized carbons (Fsp3) is 0.133. The molecule has 0 aliphatic heterocycles. The Morgan fingerprint density at radius 1 is 1.10 bits per heavy atom. The van der Waals surface area contributed by atoms with Crippen LogP contribution in [0.4, 0.5) is 35.9 Å². The van der Waals surface area contributed by atoms with Gasteiger partial charge in [0.2, 0.25) is 5.69 Å². The Morgan fingerprint density at radius 3 is 2.10 bits per heavy atom. The first-order valence-electron chi connectivity index (χ1n) is 7.53. The lowest BCUT2D eigenvalue weighted by atomic mass is 10.1. The normalized spacial score (nSPS) is 10.9. The van der Waals surface area contributed by atoms with Gasteiger partial charge in [0.15, 0.2) is 5.11 Å². The number of hydrogen-bond donors (Lipinski definition) is 3. The smallest absolute Gasteiger partial charge is 0.331 e. The molecule has 14 heteroatoms. The van der Waals surface area contributed by atoms with Crippen molar-refractivity contribution in [1.82, 2.24) is 5.43 Å². The van der Waals surface area contributed by atoms with E-state index in [1.807, 2.05) is 0 Å². The highest BCUT2D eigenvalue weighted by Crippen LogP contribution is 2.40. The molecule has 0 aliphatic rings. The maximum atomic E-state index is 12.9. The molecule has 9 nitrogen and oxygen atoms in total. The highest BCUT2D eigenvalue weighted by atomic mass is 35.5. The lowest BCUT2D eigenvalue weighted by Gasteiger charge is -2.14. The largest absolute Gasteiger partial charge is 0.416 e. The maximum Gasteiger partial charge on any atom is 0.416 e. The van der Waals surface area contributed by atoms with Gasteiger partial charge in [-0.1, -0.05) is 17.7 Å². The van der Waals surface area contributed by atoms with Crippen molar-refractivity contribution >= 4 is 51.7 Å². The molecule has 0 saturated carbocycles. The Labute approximate surface area is 171 Å². The first-order chi connectivity index (χ1) is 13.4. The lowest BCUT2D eigenvalue weighted by molar-refractivity contribution is -0.392. The Hall–Kier alpha value is -3.19. The van der Waals surface area contributed by atoms with Crippen LogP contribution in [0, 0.1) is 27.2 Å². The minimum Gasteiger partial charge on any atom is -0.331 e. The third kappa shape index (κ3) is 5.42. The van der Waals surface area contributed by atoms with Crippen LogP contribution in [0.1, 0.15) is 11.1 Å². The number of rotatable bonds is 5. The van der Waals surface area contributed by atoms with Crippen molar-refractivity contribution in [3.63, 3.8) is 0 Å². The van der Waals surface area contributed by atoms with Gasteiger partial charge >= 0.3 is 17.6 Å². The molecule has 3 N–H and O–H groups in total. The van der Waals surface area contributed by atoms with E-state index >= 15 is 0 Å². The van der Waals surface area contributed by atoms with Crippen LogP contribution in [-0.2, 0) is 6.18 Å². The second-order valence-electron chi connectivity index (χ2n) is 5.57. The van der Waals surface area contributed by atoms with Crippen LogP contribution < -0.4 is 16.2 Å². The van der Waals surface area contributed by atoms with Crippen molar-refractivity contribution in [2.45, 2.75) is 13.1 Å². The van der Waals surface area contributed by atoms with Crippen LogP contribution in [0.5, 0.6) is 0 Å². The summed E-state index contributed by atoms with van der Waals surface area (Å²) in [5.74, 6) is 0. The van der Waals surface area contributed by atoms with Crippen LogP contribution in [0.2, 0.25) is 5.02 Å². The van der Waals surface area contributed by atoms with Crippen molar-refractivity contribution in [2.24, 2.45) is 0 Å². The van der Waals surface area contributed by atoms with E-state index in [1.165, 1.54) is 6.07 Å². The zero-order valence-electron chi connectivity index (χ0n) is 14.3. The molecule has 0 unspecified atom stereocenters. The van der Waals surface area contributed by atoms with Gasteiger partial charge in [-0.05, 0) is 36.8 Å². The van der Waals surface area contributed by atoms with Gasteiger partial charge in [0.25, 0.3) is 0 Å². The van der Waals surface area contributed by atoms with E-state index in [0.29, 0.717) is 10.7 Å². The summed E-state index contributed by atoms with van der Waals surface area (Å²) in [6.45, 7) is 1.77. The summed E-state index contributed by atoms with van der Waals surface area (Å²) in [6, 6.07) is 5.22. The molecule has 0 bridgehead atoms. The Balaban J connectivity index is 2.30. The van der Waals surface area contributed by atoms with Crippen molar-refractivity contribution < 1.29 is 23.0 Å². The number of nitro groups is 2. The molecule has 0 fully saturated rings. The predicted octanol–water partition coefficient (Wildman–Crippen LogP) is 4.80. The van der Waals surface area contributed by atoms with Gasteiger partial charge < -0.3 is 5.32 Å². The average Bonchev–Trinajstić information content (AvgIpc) is 2.61. The van der Waals surface area contributed by atoms with E-state index in [1.54, 1.807) is 19.1 Å². The standard InChI is InChI=1S/C15H11ClF3N5O4S/c1-7-2-3-9(6-10(7)16)20-14(29)22-21-13-11(23(25)26)4-8(15(17,18)19)5-12(13)24(27)28/h2-6,21H,1H3,(H2,20,22,29). The number of nitrogens with zero attached hydrogens (tertiary/aromatic N) is 2. The molecule has 0 saturated heterocycles. The molecule has 2 rings (SSSR count). The summed E-state index contributed by atoms with van der Waals surface area (Å²) in [5.41, 5.74) is 1.01. The van der Waals surface area contributed by atoms with Crippen LogP contribution in [0.15, 0.2) is 30.3 Å². The number of hydrazine groups is 1. The van der Waals surface area contributed by atoms with Crippen LogP contribution in [0.25, 0.3) is 0 Å². The molecular formula is C15H11ClF3N5O4S. The number of aryl methyl sites for hydroxylation is 1. The highest BCUT2D eigenvalue weighted by Gasteiger charge is 2.37. The quantitative estimate of drug-likeness (QED) is 0.338. The molecule has 0 amide bonds. The summed E-state index contributed by atoms with van der Waals surface area (Å²) in [4.78, 5) is 20.0. The van der Waals surface area contributed by atoms with E-state index in [0.717, 1.165) is 5.56 Å². The van der Waals surface area contributed by atoms with Crippen molar-refractivity contribution in [2.75, 3.05) is 10.7 Å². The summed E-state index contributed by atoms with van der Waals surface area (Å²) in [6.07, 6.45) is -5.01. The minimum absolute atomic E-state index is 0.173. The second-order valence-corrected chi connectivity index (χ2v) is 6.39. The number of hydrogen-bond acceptors (Lipinski definition) is 6. The zero-order chi connectivity index (χ0) is 21.9. The first-order valence-corrected chi connectivity index (χ1v) is 8.32. The van der Waals surface area contributed by atoms with Gasteiger partial charge in [0.05, 0.1) is 15.4 Å². The molecule has 0 spiro atoms. The second kappa shape index (κ2) is 8.45. The van der Waals surface area contributed by atoms with Gasteiger partial charge in [-0.25, -0.2) is 0 Å². The number of thiocarbonyl (C=S) groups is 1. The van der Waals surface area contributed by atoms with Crippen LogP contribution >= 0.6 is 23.8 Å². The molecule has 29 heavy (non-hydrogen) atoms. The van der Waals surface area contributed by atoms with Gasteiger partial charge in [-0.2, -0.15) is 13.2 Å². The Kier molecular flexibility index (Phi) is 6.44. The van der Waals surface area contributed by atoms with Gasteiger partial charge in [-0.15, -0.1) is 0 Å².